The minimum Gasteiger partial charge on any atom is -0.495 e. The molecule has 0 spiro atoms. The molecule has 6 nitrogen and oxygen atoms in total. The highest BCUT2D eigenvalue weighted by atomic mass is 127. The van der Waals surface area contributed by atoms with Gasteiger partial charge in [0.05, 0.1) is 24.8 Å². The second-order valence-corrected chi connectivity index (χ2v) is 5.71. The number of benzene rings is 1. The summed E-state index contributed by atoms with van der Waals surface area (Å²) < 4.78 is 16.2. The Kier molecular flexibility index (Phi) is 10.4. The van der Waals surface area contributed by atoms with Crippen LogP contribution < -0.4 is 15.8 Å². The maximum absolute atomic E-state index is 6.06. The average molecular weight is 470 g/mol. The van der Waals surface area contributed by atoms with Crippen LogP contribution >= 0.6 is 35.6 Å². The molecule has 0 aromatic heterocycles. The zero-order chi connectivity index (χ0) is 16.5. The smallest absolute Gasteiger partial charge is 0.193 e. The summed E-state index contributed by atoms with van der Waals surface area (Å²) in [6, 6.07) is 5.35. The highest BCUT2D eigenvalue weighted by molar-refractivity contribution is 14.0. The SMILES string of the molecule is COc1ccc(NC(N)=NCCCOCC2CCCO2)cc1Cl.I. The van der Waals surface area contributed by atoms with Crippen LogP contribution in [0.15, 0.2) is 23.2 Å². The third-order valence-electron chi connectivity index (χ3n) is 3.48. The molecule has 0 amide bonds. The van der Waals surface area contributed by atoms with Crippen LogP contribution in [-0.2, 0) is 9.47 Å². The number of guanidine groups is 1. The van der Waals surface area contributed by atoms with Gasteiger partial charge in [-0.05, 0) is 37.5 Å². The van der Waals surface area contributed by atoms with Gasteiger partial charge in [-0.3, -0.25) is 4.99 Å². The van der Waals surface area contributed by atoms with Crippen LogP contribution in [0.1, 0.15) is 19.3 Å². The van der Waals surface area contributed by atoms with E-state index in [0.717, 1.165) is 31.6 Å². The quantitative estimate of drug-likeness (QED) is 0.264. The van der Waals surface area contributed by atoms with E-state index in [2.05, 4.69) is 10.3 Å². The van der Waals surface area contributed by atoms with Gasteiger partial charge in [0.25, 0.3) is 0 Å². The number of ether oxygens (including phenoxy) is 3. The van der Waals surface area contributed by atoms with Crippen LogP contribution in [0.25, 0.3) is 0 Å². The van der Waals surface area contributed by atoms with Gasteiger partial charge in [0.2, 0.25) is 0 Å². The highest BCUT2D eigenvalue weighted by Gasteiger charge is 2.14. The number of hydrogen-bond donors (Lipinski definition) is 2. The number of rotatable bonds is 8. The molecule has 1 saturated heterocycles. The van der Waals surface area contributed by atoms with Crippen molar-refractivity contribution in [1.82, 2.24) is 0 Å². The Morgan fingerprint density at radius 1 is 1.50 bits per heavy atom. The van der Waals surface area contributed by atoms with Crippen molar-refractivity contribution in [3.8, 4) is 5.75 Å². The van der Waals surface area contributed by atoms with E-state index >= 15 is 0 Å². The number of nitrogens with zero attached hydrogens (tertiary/aromatic N) is 1. The van der Waals surface area contributed by atoms with E-state index in [9.17, 15) is 0 Å². The predicted molar refractivity (Wildman–Crippen MR) is 108 cm³/mol. The Bertz CT molecular complexity index is 525. The summed E-state index contributed by atoms with van der Waals surface area (Å²) in [7, 11) is 1.57. The monoisotopic (exact) mass is 469 g/mol. The van der Waals surface area contributed by atoms with Gasteiger partial charge in [0.1, 0.15) is 5.75 Å². The lowest BCUT2D eigenvalue weighted by molar-refractivity contribution is 0.0171. The number of aliphatic imine (C=N–C) groups is 1. The lowest BCUT2D eigenvalue weighted by Crippen LogP contribution is -2.23. The van der Waals surface area contributed by atoms with Crippen molar-refractivity contribution in [1.29, 1.82) is 0 Å². The summed E-state index contributed by atoms with van der Waals surface area (Å²) in [6.07, 6.45) is 3.32. The van der Waals surface area contributed by atoms with E-state index in [0.29, 0.717) is 36.5 Å². The minimum absolute atomic E-state index is 0. The fourth-order valence-corrected chi connectivity index (χ4v) is 2.55. The Morgan fingerprint density at radius 3 is 3.00 bits per heavy atom. The number of anilines is 1. The maximum atomic E-state index is 6.06. The van der Waals surface area contributed by atoms with Crippen molar-refractivity contribution in [2.45, 2.75) is 25.4 Å². The molecule has 1 aliphatic heterocycles. The summed E-state index contributed by atoms with van der Waals surface area (Å²) in [4.78, 5) is 4.26. The molecular formula is C16H25ClIN3O3. The predicted octanol–water partition coefficient (Wildman–Crippen LogP) is 3.28. The summed E-state index contributed by atoms with van der Waals surface area (Å²) in [5.74, 6) is 0.974. The van der Waals surface area contributed by atoms with E-state index < -0.39 is 0 Å². The maximum Gasteiger partial charge on any atom is 0.193 e. The summed E-state index contributed by atoms with van der Waals surface area (Å²) in [6.45, 7) is 2.79. The minimum atomic E-state index is 0. The van der Waals surface area contributed by atoms with Crippen molar-refractivity contribution in [2.24, 2.45) is 10.7 Å². The van der Waals surface area contributed by atoms with Gasteiger partial charge < -0.3 is 25.3 Å². The molecule has 1 heterocycles. The molecule has 1 aromatic carbocycles. The number of nitrogens with two attached hydrogens (primary N) is 1. The van der Waals surface area contributed by atoms with Crippen LogP contribution in [0.2, 0.25) is 5.02 Å². The first-order valence-corrected chi connectivity index (χ1v) is 8.16. The topological polar surface area (TPSA) is 78.1 Å². The summed E-state index contributed by atoms with van der Waals surface area (Å²) >= 11 is 6.06. The molecular weight excluding hydrogens is 445 g/mol. The molecule has 3 N–H and O–H groups in total. The Balaban J connectivity index is 0.00000288. The Hall–Kier alpha value is -0.770. The van der Waals surface area contributed by atoms with Gasteiger partial charge in [-0.15, -0.1) is 24.0 Å². The molecule has 1 fully saturated rings. The number of hydrogen-bond acceptors (Lipinski definition) is 4. The van der Waals surface area contributed by atoms with Gasteiger partial charge in [-0.25, -0.2) is 0 Å². The molecule has 1 aromatic rings. The van der Waals surface area contributed by atoms with Gasteiger partial charge in [-0.1, -0.05) is 11.6 Å². The van der Waals surface area contributed by atoms with Crippen LogP contribution in [-0.4, -0.2) is 45.5 Å². The lowest BCUT2D eigenvalue weighted by atomic mass is 10.2. The summed E-state index contributed by atoms with van der Waals surface area (Å²) in [5.41, 5.74) is 6.61. The Morgan fingerprint density at radius 2 is 2.33 bits per heavy atom. The van der Waals surface area contributed by atoms with E-state index in [1.165, 1.54) is 0 Å². The fraction of sp³-hybridized carbons (Fsp3) is 0.562. The van der Waals surface area contributed by atoms with Crippen LogP contribution in [0.4, 0.5) is 5.69 Å². The van der Waals surface area contributed by atoms with Gasteiger partial charge >= 0.3 is 0 Å². The molecule has 0 saturated carbocycles. The molecule has 0 radical (unpaired) electrons. The van der Waals surface area contributed by atoms with Gasteiger partial charge in [0, 0.05) is 25.4 Å². The standard InChI is InChI=1S/C16H24ClN3O3.HI/c1-21-15-6-5-12(10-14(15)17)20-16(18)19-7-3-8-22-11-13-4-2-9-23-13;/h5-6,10,13H,2-4,7-9,11H2,1H3,(H3,18,19,20);1H. The molecule has 2 rings (SSSR count). The van der Waals surface area contributed by atoms with Crippen molar-refractivity contribution in [3.05, 3.63) is 23.2 Å². The number of nitrogens with one attached hydrogen (secondary N) is 1. The molecule has 8 heteroatoms. The van der Waals surface area contributed by atoms with Crippen LogP contribution in [0, 0.1) is 0 Å². The Labute approximate surface area is 165 Å². The highest BCUT2D eigenvalue weighted by Crippen LogP contribution is 2.26. The van der Waals surface area contributed by atoms with Gasteiger partial charge in [-0.2, -0.15) is 0 Å². The molecule has 0 bridgehead atoms. The number of halogens is 2. The molecule has 1 aliphatic rings. The third-order valence-corrected chi connectivity index (χ3v) is 3.78. The molecule has 24 heavy (non-hydrogen) atoms. The first kappa shape index (κ1) is 21.3. The first-order chi connectivity index (χ1) is 11.2. The van der Waals surface area contributed by atoms with E-state index in [-0.39, 0.29) is 30.1 Å². The van der Waals surface area contributed by atoms with Crippen molar-refractivity contribution in [2.75, 3.05) is 38.8 Å². The molecule has 136 valence electrons. The lowest BCUT2D eigenvalue weighted by Gasteiger charge is -2.10. The van der Waals surface area contributed by atoms with Crippen molar-refractivity contribution in [3.63, 3.8) is 0 Å². The molecule has 1 unspecified atom stereocenters. The summed E-state index contributed by atoms with van der Waals surface area (Å²) in [5, 5.41) is 3.52. The number of methoxy groups -OCH3 is 1. The zero-order valence-corrected chi connectivity index (χ0v) is 16.9. The average Bonchev–Trinajstić information content (AvgIpc) is 3.04. The second kappa shape index (κ2) is 11.7. The molecule has 1 atom stereocenters. The molecule has 0 aliphatic carbocycles. The van der Waals surface area contributed by atoms with E-state index in [4.69, 9.17) is 31.5 Å². The van der Waals surface area contributed by atoms with E-state index in [1.54, 1.807) is 19.2 Å². The van der Waals surface area contributed by atoms with Crippen molar-refractivity contribution < 1.29 is 14.2 Å². The second-order valence-electron chi connectivity index (χ2n) is 5.30. The fourth-order valence-electron chi connectivity index (χ4n) is 2.29. The normalized spacial score (nSPS) is 17.4. The third kappa shape index (κ3) is 7.42. The van der Waals surface area contributed by atoms with Crippen LogP contribution in [0.5, 0.6) is 5.75 Å². The van der Waals surface area contributed by atoms with Crippen LogP contribution in [0.3, 0.4) is 0 Å². The largest absolute Gasteiger partial charge is 0.495 e. The van der Waals surface area contributed by atoms with Crippen molar-refractivity contribution >= 4 is 47.2 Å². The van der Waals surface area contributed by atoms with E-state index in [1.807, 2.05) is 6.07 Å². The van der Waals surface area contributed by atoms with Gasteiger partial charge in [0.15, 0.2) is 5.96 Å². The first-order valence-electron chi connectivity index (χ1n) is 7.79. The zero-order valence-electron chi connectivity index (χ0n) is 13.8.